The lowest BCUT2D eigenvalue weighted by Gasteiger charge is -2.33. The van der Waals surface area contributed by atoms with Gasteiger partial charge in [-0.05, 0) is 42.0 Å². The number of fused-ring (bicyclic) bond motifs is 1. The third kappa shape index (κ3) is 3.19. The first-order chi connectivity index (χ1) is 10.8. The highest BCUT2D eigenvalue weighted by Crippen LogP contribution is 2.31. The van der Waals surface area contributed by atoms with Gasteiger partial charge in [-0.1, -0.05) is 69.2 Å². The predicted octanol–water partition coefficient (Wildman–Crippen LogP) is 5.26. The molecule has 0 amide bonds. The van der Waals surface area contributed by atoms with Gasteiger partial charge in [0.2, 0.25) is 0 Å². The molecule has 1 heteroatoms. The third-order valence-corrected chi connectivity index (χ3v) is 4.90. The van der Waals surface area contributed by atoms with E-state index in [0.717, 1.165) is 12.8 Å². The quantitative estimate of drug-likeness (QED) is 0.702. The van der Waals surface area contributed by atoms with Crippen LogP contribution in [0, 0.1) is 12.5 Å². The van der Waals surface area contributed by atoms with Crippen LogP contribution in [-0.2, 0) is 12.8 Å². The number of benzene rings is 2. The Bertz CT molecular complexity index is 561. The molecule has 0 N–H and O–H groups in total. The Balaban J connectivity index is 1.84. The fourth-order valence-electron chi connectivity index (χ4n) is 3.48. The van der Waals surface area contributed by atoms with Crippen LogP contribution in [0.3, 0.4) is 0 Å². The molecular formula is C21H26N. The molecule has 0 aliphatic heterocycles. The summed E-state index contributed by atoms with van der Waals surface area (Å²) in [5.74, 6) is 0.656. The van der Waals surface area contributed by atoms with E-state index in [4.69, 9.17) is 0 Å². The number of anilines is 1. The summed E-state index contributed by atoms with van der Waals surface area (Å²) in [4.78, 5) is 2.54. The largest absolute Gasteiger partial charge is 0.363 e. The minimum Gasteiger partial charge on any atom is -0.363 e. The van der Waals surface area contributed by atoms with Crippen LogP contribution in [-0.4, -0.2) is 6.04 Å². The van der Waals surface area contributed by atoms with Crippen molar-refractivity contribution < 1.29 is 0 Å². The maximum absolute atomic E-state index is 2.54. The van der Waals surface area contributed by atoms with Crippen LogP contribution in [0.15, 0.2) is 54.6 Å². The summed E-state index contributed by atoms with van der Waals surface area (Å²) in [6.07, 6.45) is 4.72. The third-order valence-electron chi connectivity index (χ3n) is 4.90. The lowest BCUT2D eigenvalue weighted by Crippen LogP contribution is -2.36. The van der Waals surface area contributed by atoms with Crippen molar-refractivity contribution in [3.05, 3.63) is 72.3 Å². The second kappa shape index (κ2) is 7.00. The van der Waals surface area contributed by atoms with E-state index in [1.54, 1.807) is 0 Å². The van der Waals surface area contributed by atoms with Gasteiger partial charge in [-0.15, -0.1) is 0 Å². The van der Waals surface area contributed by atoms with Gasteiger partial charge in [-0.3, -0.25) is 0 Å². The minimum atomic E-state index is 0.556. The summed E-state index contributed by atoms with van der Waals surface area (Å²) in [5, 5.41) is 0. The van der Waals surface area contributed by atoms with Crippen LogP contribution in [0.5, 0.6) is 0 Å². The van der Waals surface area contributed by atoms with Crippen LogP contribution in [0.25, 0.3) is 0 Å². The van der Waals surface area contributed by atoms with Crippen molar-refractivity contribution >= 4 is 5.69 Å². The van der Waals surface area contributed by atoms with Crippen LogP contribution in [0.4, 0.5) is 5.69 Å². The lowest BCUT2D eigenvalue weighted by molar-refractivity contribution is 0.515. The van der Waals surface area contributed by atoms with Crippen LogP contribution in [0.2, 0.25) is 0 Å². The summed E-state index contributed by atoms with van der Waals surface area (Å²) in [6, 6.07) is 20.3. The zero-order valence-corrected chi connectivity index (χ0v) is 13.7. The van der Waals surface area contributed by atoms with Crippen molar-refractivity contribution in [1.82, 2.24) is 0 Å². The van der Waals surface area contributed by atoms with Crippen molar-refractivity contribution in [2.45, 2.75) is 45.6 Å². The number of hydrogen-bond donors (Lipinski definition) is 0. The zero-order valence-electron chi connectivity index (χ0n) is 13.7. The molecule has 115 valence electrons. The summed E-state index contributed by atoms with van der Waals surface area (Å²) >= 11 is 0. The molecule has 1 aliphatic rings. The fourth-order valence-corrected chi connectivity index (χ4v) is 3.48. The number of rotatable bonds is 6. The van der Waals surface area contributed by atoms with Crippen LogP contribution < -0.4 is 4.90 Å². The van der Waals surface area contributed by atoms with Gasteiger partial charge in [0, 0.05) is 11.7 Å². The van der Waals surface area contributed by atoms with Gasteiger partial charge in [0.25, 0.3) is 0 Å². The Labute approximate surface area is 135 Å². The molecular weight excluding hydrogens is 266 g/mol. The average molecular weight is 292 g/mol. The minimum absolute atomic E-state index is 0.556. The fraction of sp³-hybridized carbons (Fsp3) is 0.381. The van der Waals surface area contributed by atoms with E-state index in [2.05, 4.69) is 79.9 Å². The van der Waals surface area contributed by atoms with Crippen LogP contribution in [0.1, 0.15) is 37.8 Å². The van der Waals surface area contributed by atoms with Crippen molar-refractivity contribution in [3.63, 3.8) is 0 Å². The summed E-state index contributed by atoms with van der Waals surface area (Å²) < 4.78 is 0. The molecule has 0 unspecified atom stereocenters. The molecule has 3 rings (SSSR count). The molecule has 22 heavy (non-hydrogen) atoms. The molecule has 0 saturated heterocycles. The first kappa shape index (κ1) is 15.1. The van der Waals surface area contributed by atoms with Gasteiger partial charge in [0.05, 0.1) is 6.54 Å². The summed E-state index contributed by atoms with van der Waals surface area (Å²) in [6.45, 7) is 7.06. The highest BCUT2D eigenvalue weighted by Gasteiger charge is 2.28. The second-order valence-electron chi connectivity index (χ2n) is 6.30. The molecule has 1 nitrogen and oxygen atoms in total. The molecule has 0 atom stereocenters. The predicted molar refractivity (Wildman–Crippen MR) is 94.9 cm³/mol. The summed E-state index contributed by atoms with van der Waals surface area (Å²) in [5.41, 5.74) is 4.37. The Hall–Kier alpha value is -1.76. The topological polar surface area (TPSA) is 3.24 Å². The Morgan fingerprint density at radius 1 is 0.909 bits per heavy atom. The highest BCUT2D eigenvalue weighted by molar-refractivity contribution is 5.51. The zero-order chi connectivity index (χ0) is 15.4. The maximum atomic E-state index is 2.54. The molecule has 1 radical (unpaired) electrons. The van der Waals surface area contributed by atoms with Gasteiger partial charge >= 0.3 is 0 Å². The summed E-state index contributed by atoms with van der Waals surface area (Å²) in [7, 11) is 0. The smallest absolute Gasteiger partial charge is 0.0527 e. The van der Waals surface area contributed by atoms with Crippen molar-refractivity contribution in [3.8, 4) is 0 Å². The van der Waals surface area contributed by atoms with Gasteiger partial charge < -0.3 is 4.90 Å². The van der Waals surface area contributed by atoms with Crippen molar-refractivity contribution in [1.29, 1.82) is 0 Å². The van der Waals surface area contributed by atoms with E-state index in [1.807, 2.05) is 0 Å². The van der Waals surface area contributed by atoms with E-state index in [1.165, 1.54) is 29.7 Å². The van der Waals surface area contributed by atoms with Gasteiger partial charge in [-0.2, -0.15) is 0 Å². The maximum Gasteiger partial charge on any atom is 0.0527 e. The van der Waals surface area contributed by atoms with Gasteiger partial charge in [-0.25, -0.2) is 0 Å². The van der Waals surface area contributed by atoms with Crippen LogP contribution >= 0.6 is 0 Å². The first-order valence-corrected chi connectivity index (χ1v) is 8.57. The van der Waals surface area contributed by atoms with E-state index < -0.39 is 0 Å². The lowest BCUT2D eigenvalue weighted by atomic mass is 10.0. The molecule has 2 aromatic carbocycles. The number of nitrogens with zero attached hydrogens (tertiary/aromatic N) is 1. The molecule has 0 bridgehead atoms. The molecule has 1 aliphatic carbocycles. The monoisotopic (exact) mass is 292 g/mol. The van der Waals surface area contributed by atoms with E-state index in [0.29, 0.717) is 12.0 Å². The van der Waals surface area contributed by atoms with Crippen molar-refractivity contribution in [2.24, 2.45) is 5.92 Å². The number of hydrogen-bond acceptors (Lipinski definition) is 1. The Kier molecular flexibility index (Phi) is 4.82. The molecule has 0 spiro atoms. The van der Waals surface area contributed by atoms with E-state index >= 15 is 0 Å². The Morgan fingerprint density at radius 3 is 2.00 bits per heavy atom. The first-order valence-electron chi connectivity index (χ1n) is 8.57. The normalized spacial score (nSPS) is 14.3. The standard InChI is InChI=1S/C21H26N/c1-3-17(4-2)16-22(20-12-6-5-7-13-20)21-14-18-10-8-9-11-19(18)15-21/h5-13,16-17,21H,3-4,14-15H2,1-2H3. The molecule has 2 aromatic rings. The second-order valence-corrected chi connectivity index (χ2v) is 6.30. The van der Waals surface area contributed by atoms with E-state index in [-0.39, 0.29) is 0 Å². The van der Waals surface area contributed by atoms with E-state index in [9.17, 15) is 0 Å². The SMILES string of the molecule is CCC([CH]N(c1ccccc1)C1Cc2ccccc2C1)CC. The van der Waals surface area contributed by atoms with Crippen molar-refractivity contribution in [2.75, 3.05) is 4.90 Å². The average Bonchev–Trinajstić information content (AvgIpc) is 3.00. The molecule has 0 aromatic heterocycles. The Morgan fingerprint density at radius 2 is 1.45 bits per heavy atom. The highest BCUT2D eigenvalue weighted by atomic mass is 15.2. The molecule has 0 heterocycles. The number of para-hydroxylation sites is 1. The van der Waals surface area contributed by atoms with Gasteiger partial charge in [0.15, 0.2) is 0 Å². The molecule has 0 fully saturated rings. The molecule has 0 saturated carbocycles. The van der Waals surface area contributed by atoms with Gasteiger partial charge in [0.1, 0.15) is 0 Å².